The number of benzene rings is 3. The first-order chi connectivity index (χ1) is 18.8. The molecule has 3 aromatic carbocycles. The molecule has 1 saturated heterocycles. The van der Waals surface area contributed by atoms with Gasteiger partial charge in [0.05, 0.1) is 35.5 Å². The van der Waals surface area contributed by atoms with Crippen molar-refractivity contribution in [1.29, 1.82) is 0 Å². The zero-order chi connectivity index (χ0) is 27.7. The Labute approximate surface area is 230 Å². The van der Waals surface area contributed by atoms with Gasteiger partial charge in [0.1, 0.15) is 17.3 Å². The minimum absolute atomic E-state index is 0.0108. The van der Waals surface area contributed by atoms with E-state index in [2.05, 4.69) is 4.98 Å². The normalized spacial score (nSPS) is 16.6. The molecule has 1 atom stereocenters. The van der Waals surface area contributed by atoms with Crippen LogP contribution in [0.25, 0.3) is 16.0 Å². The third kappa shape index (κ3) is 4.93. The number of ketones is 1. The number of hydrogen-bond donors (Lipinski definition) is 1. The zero-order valence-corrected chi connectivity index (χ0v) is 23.0. The molecule has 1 aliphatic heterocycles. The lowest BCUT2D eigenvalue weighted by Gasteiger charge is -2.23. The fraction of sp³-hybridized carbons (Fsp3) is 0.233. The monoisotopic (exact) mass is 543 g/mol. The first-order valence-electron chi connectivity index (χ1n) is 12.6. The minimum Gasteiger partial charge on any atom is -0.507 e. The third-order valence-corrected chi connectivity index (χ3v) is 7.58. The molecule has 39 heavy (non-hydrogen) atoms. The molecule has 0 saturated carbocycles. The van der Waals surface area contributed by atoms with Gasteiger partial charge in [-0.05, 0) is 66.6 Å². The molecule has 4 aromatic rings. The number of thiazole rings is 1. The molecule has 2 heterocycles. The zero-order valence-electron chi connectivity index (χ0n) is 22.2. The second-order valence-corrected chi connectivity index (χ2v) is 10.4. The molecule has 1 amide bonds. The van der Waals surface area contributed by atoms with E-state index >= 15 is 0 Å². The number of carbonyl (C=O) groups is 2. The molecular formula is C30H29N3O5S. The molecule has 0 aliphatic carbocycles. The summed E-state index contributed by atoms with van der Waals surface area (Å²) in [5, 5.41) is 11.8. The lowest BCUT2D eigenvalue weighted by Crippen LogP contribution is -2.29. The van der Waals surface area contributed by atoms with E-state index in [1.807, 2.05) is 62.3 Å². The molecule has 200 valence electrons. The summed E-state index contributed by atoms with van der Waals surface area (Å²) in [5.41, 5.74) is 2.76. The van der Waals surface area contributed by atoms with E-state index in [0.717, 1.165) is 16.8 Å². The van der Waals surface area contributed by atoms with Crippen LogP contribution < -0.4 is 19.3 Å². The van der Waals surface area contributed by atoms with E-state index < -0.39 is 17.7 Å². The van der Waals surface area contributed by atoms with Crippen molar-refractivity contribution in [2.45, 2.75) is 19.4 Å². The van der Waals surface area contributed by atoms with Crippen molar-refractivity contribution in [3.8, 4) is 11.5 Å². The number of methoxy groups -OCH3 is 1. The molecule has 0 radical (unpaired) electrons. The Balaban J connectivity index is 1.64. The lowest BCUT2D eigenvalue weighted by atomic mass is 9.95. The number of aliphatic hydroxyl groups is 1. The van der Waals surface area contributed by atoms with Gasteiger partial charge in [-0.15, -0.1) is 0 Å². The van der Waals surface area contributed by atoms with Gasteiger partial charge in [0.2, 0.25) is 0 Å². The fourth-order valence-electron chi connectivity index (χ4n) is 4.51. The van der Waals surface area contributed by atoms with Crippen LogP contribution in [0.1, 0.15) is 30.5 Å². The molecule has 0 spiro atoms. The van der Waals surface area contributed by atoms with Crippen LogP contribution in [0, 0.1) is 0 Å². The van der Waals surface area contributed by atoms with Crippen LogP contribution in [-0.4, -0.2) is 49.6 Å². The molecule has 1 fully saturated rings. The number of Topliss-reactive ketones (excluding diaryl/α,β-unsaturated/α-hetero) is 1. The molecule has 8 nitrogen and oxygen atoms in total. The highest BCUT2D eigenvalue weighted by atomic mass is 32.1. The molecule has 1 aliphatic rings. The number of hydrogen-bond acceptors (Lipinski definition) is 8. The van der Waals surface area contributed by atoms with E-state index in [9.17, 15) is 14.7 Å². The maximum atomic E-state index is 13.5. The van der Waals surface area contributed by atoms with Crippen LogP contribution in [0.3, 0.4) is 0 Å². The highest BCUT2D eigenvalue weighted by Crippen LogP contribution is 2.45. The first kappa shape index (κ1) is 26.2. The smallest absolute Gasteiger partial charge is 0.301 e. The number of carbonyl (C=O) groups excluding carboxylic acids is 2. The summed E-state index contributed by atoms with van der Waals surface area (Å²) in [5.74, 6) is -0.427. The van der Waals surface area contributed by atoms with Crippen molar-refractivity contribution in [3.63, 3.8) is 0 Å². The average molecular weight is 544 g/mol. The molecule has 9 heteroatoms. The number of rotatable bonds is 8. The summed E-state index contributed by atoms with van der Waals surface area (Å²) in [6.07, 6.45) is 0.871. The van der Waals surface area contributed by atoms with Gasteiger partial charge >= 0.3 is 5.91 Å². The SMILES string of the molecule is CCCOc1ccc(C(O)=C2C(=O)C(=O)N(c3nc4ccc(OC)cc4s3)C2c2ccc(N(C)C)cc2)cc1. The Morgan fingerprint density at radius 3 is 2.36 bits per heavy atom. The van der Waals surface area contributed by atoms with Gasteiger partial charge in [-0.1, -0.05) is 30.4 Å². The second kappa shape index (κ2) is 10.8. The summed E-state index contributed by atoms with van der Waals surface area (Å²) < 4.78 is 11.8. The van der Waals surface area contributed by atoms with Crippen molar-refractivity contribution in [1.82, 2.24) is 4.98 Å². The van der Waals surface area contributed by atoms with Crippen LogP contribution >= 0.6 is 11.3 Å². The van der Waals surface area contributed by atoms with Gasteiger partial charge in [-0.3, -0.25) is 14.5 Å². The van der Waals surface area contributed by atoms with Gasteiger partial charge in [0.25, 0.3) is 5.78 Å². The van der Waals surface area contributed by atoms with Gasteiger partial charge in [0, 0.05) is 25.3 Å². The summed E-state index contributed by atoms with van der Waals surface area (Å²) in [6, 6.07) is 19.0. The van der Waals surface area contributed by atoms with Crippen molar-refractivity contribution in [3.05, 3.63) is 83.4 Å². The number of ether oxygens (including phenoxy) is 2. The Hall–Kier alpha value is -4.37. The highest BCUT2D eigenvalue weighted by molar-refractivity contribution is 7.22. The maximum Gasteiger partial charge on any atom is 0.301 e. The molecule has 0 bridgehead atoms. The van der Waals surface area contributed by atoms with E-state index in [-0.39, 0.29) is 11.3 Å². The maximum absolute atomic E-state index is 13.5. The van der Waals surface area contributed by atoms with Crippen LogP contribution in [0.15, 0.2) is 72.3 Å². The molecule has 1 unspecified atom stereocenters. The number of amides is 1. The van der Waals surface area contributed by atoms with Gasteiger partial charge in [-0.25, -0.2) is 4.98 Å². The molecule has 5 rings (SSSR count). The van der Waals surface area contributed by atoms with Crippen LogP contribution in [-0.2, 0) is 9.59 Å². The van der Waals surface area contributed by atoms with E-state index in [4.69, 9.17) is 9.47 Å². The number of aliphatic hydroxyl groups excluding tert-OH is 1. The predicted molar refractivity (Wildman–Crippen MR) is 154 cm³/mol. The highest BCUT2D eigenvalue weighted by Gasteiger charge is 2.48. The average Bonchev–Trinajstić information content (AvgIpc) is 3.49. The van der Waals surface area contributed by atoms with Crippen molar-refractivity contribution < 1.29 is 24.2 Å². The lowest BCUT2D eigenvalue weighted by molar-refractivity contribution is -0.132. The number of nitrogens with zero attached hydrogens (tertiary/aromatic N) is 3. The summed E-state index contributed by atoms with van der Waals surface area (Å²) >= 11 is 1.29. The third-order valence-electron chi connectivity index (χ3n) is 6.56. The van der Waals surface area contributed by atoms with E-state index in [1.54, 1.807) is 37.4 Å². The second-order valence-electron chi connectivity index (χ2n) is 9.36. The summed E-state index contributed by atoms with van der Waals surface area (Å²) in [7, 11) is 5.45. The topological polar surface area (TPSA) is 92.2 Å². The fourth-order valence-corrected chi connectivity index (χ4v) is 5.53. The molecule has 1 aromatic heterocycles. The largest absolute Gasteiger partial charge is 0.507 e. The Bertz CT molecular complexity index is 1560. The van der Waals surface area contributed by atoms with Gasteiger partial charge in [0.15, 0.2) is 5.13 Å². The van der Waals surface area contributed by atoms with Crippen LogP contribution in [0.2, 0.25) is 0 Å². The number of anilines is 2. The van der Waals surface area contributed by atoms with Crippen molar-refractivity contribution in [2.24, 2.45) is 0 Å². The molecule has 1 N–H and O–H groups in total. The Morgan fingerprint density at radius 1 is 1.03 bits per heavy atom. The van der Waals surface area contributed by atoms with Gasteiger partial charge < -0.3 is 19.5 Å². The van der Waals surface area contributed by atoms with E-state index in [1.165, 1.54) is 16.2 Å². The Morgan fingerprint density at radius 2 is 1.72 bits per heavy atom. The van der Waals surface area contributed by atoms with Crippen molar-refractivity contribution >= 4 is 49.8 Å². The standard InChI is InChI=1S/C30H29N3O5S/c1-5-16-38-21-12-8-19(9-13-21)27(34)25-26(18-6-10-20(11-7-18)32(2)3)33(29(36)28(25)35)30-31-23-15-14-22(37-4)17-24(23)39-30/h6-15,17,26,34H,5,16H2,1-4H3. The summed E-state index contributed by atoms with van der Waals surface area (Å²) in [4.78, 5) is 35.0. The van der Waals surface area contributed by atoms with Crippen LogP contribution in [0.5, 0.6) is 11.5 Å². The number of fused-ring (bicyclic) bond motifs is 1. The molecular weight excluding hydrogens is 514 g/mol. The predicted octanol–water partition coefficient (Wildman–Crippen LogP) is 5.79. The summed E-state index contributed by atoms with van der Waals surface area (Å²) in [6.45, 7) is 2.60. The quantitative estimate of drug-likeness (QED) is 0.171. The van der Waals surface area contributed by atoms with E-state index in [0.29, 0.717) is 39.9 Å². The first-order valence-corrected chi connectivity index (χ1v) is 13.4. The Kier molecular flexibility index (Phi) is 7.26. The van der Waals surface area contributed by atoms with Gasteiger partial charge in [-0.2, -0.15) is 0 Å². The van der Waals surface area contributed by atoms with Crippen molar-refractivity contribution in [2.75, 3.05) is 37.6 Å². The minimum atomic E-state index is -0.861. The van der Waals surface area contributed by atoms with Crippen LogP contribution in [0.4, 0.5) is 10.8 Å². The number of aromatic nitrogens is 1.